The Labute approximate surface area is 150 Å². The van der Waals surface area contributed by atoms with Gasteiger partial charge in [-0.1, -0.05) is 0 Å². The first kappa shape index (κ1) is 18.5. The molecule has 2 heterocycles. The van der Waals surface area contributed by atoms with E-state index >= 15 is 0 Å². The van der Waals surface area contributed by atoms with Crippen LogP contribution in [-0.2, 0) is 13.1 Å². The van der Waals surface area contributed by atoms with Gasteiger partial charge in [-0.15, -0.1) is 0 Å². The maximum absolute atomic E-state index is 13.6. The van der Waals surface area contributed by atoms with Gasteiger partial charge in [0.25, 0.3) is 11.8 Å². The average Bonchev–Trinajstić information content (AvgIpc) is 2.59. The Hall–Kier alpha value is -3.30. The predicted molar refractivity (Wildman–Crippen MR) is 86.8 cm³/mol. The van der Waals surface area contributed by atoms with Crippen LogP contribution in [0.3, 0.4) is 0 Å². The van der Waals surface area contributed by atoms with Crippen LogP contribution in [0.25, 0.3) is 0 Å². The Morgan fingerprint density at radius 3 is 2.44 bits per heavy atom. The topological polar surface area (TPSA) is 91.6 Å². The van der Waals surface area contributed by atoms with E-state index in [0.29, 0.717) is 18.7 Å². The fourth-order valence-electron chi connectivity index (χ4n) is 2.76. The van der Waals surface area contributed by atoms with E-state index in [1.807, 2.05) is 0 Å². The zero-order chi connectivity index (χ0) is 19.9. The molecule has 2 N–H and O–H groups in total. The van der Waals surface area contributed by atoms with E-state index < -0.39 is 58.1 Å². The number of aromatic nitrogens is 1. The van der Waals surface area contributed by atoms with Gasteiger partial charge in [0.2, 0.25) is 5.43 Å². The van der Waals surface area contributed by atoms with E-state index in [-0.39, 0.29) is 12.2 Å². The minimum atomic E-state index is -1.19. The first-order valence-electron chi connectivity index (χ1n) is 7.84. The lowest BCUT2D eigenvalue weighted by Crippen LogP contribution is -2.40. The SMILES string of the molecule is CN1CCn2cc(C(=O)NCc3c(F)cc(F)cc3F)c(=O)c(O)c2C1=O. The number of carbonyl (C=O) groups excluding carboxylic acids is 2. The van der Waals surface area contributed by atoms with Crippen molar-refractivity contribution in [1.82, 2.24) is 14.8 Å². The molecule has 2 amide bonds. The van der Waals surface area contributed by atoms with Crippen molar-refractivity contribution >= 4 is 11.8 Å². The van der Waals surface area contributed by atoms with Gasteiger partial charge in [0.1, 0.15) is 23.0 Å². The summed E-state index contributed by atoms with van der Waals surface area (Å²) in [5.41, 5.74) is -2.39. The molecule has 1 aromatic carbocycles. The molecule has 0 radical (unpaired) electrons. The molecule has 0 bridgehead atoms. The van der Waals surface area contributed by atoms with Crippen LogP contribution in [0.4, 0.5) is 13.2 Å². The van der Waals surface area contributed by atoms with Crippen LogP contribution in [0.2, 0.25) is 0 Å². The zero-order valence-corrected chi connectivity index (χ0v) is 14.1. The molecule has 7 nitrogen and oxygen atoms in total. The van der Waals surface area contributed by atoms with Gasteiger partial charge in [-0.3, -0.25) is 14.4 Å². The van der Waals surface area contributed by atoms with Gasteiger partial charge in [-0.2, -0.15) is 0 Å². The number of amides is 2. The standard InChI is InChI=1S/C17H14F3N3O4/c1-22-2-3-23-7-10(14(24)15(25)13(23)17(22)27)16(26)21-6-9-11(19)4-8(18)5-12(9)20/h4-5,7,25H,2-3,6H2,1H3,(H,21,26). The first-order chi connectivity index (χ1) is 12.7. The molecule has 10 heteroatoms. The normalized spacial score (nSPS) is 13.5. The fourth-order valence-corrected chi connectivity index (χ4v) is 2.76. The highest BCUT2D eigenvalue weighted by molar-refractivity contribution is 5.98. The Morgan fingerprint density at radius 2 is 1.81 bits per heavy atom. The van der Waals surface area contributed by atoms with Crippen molar-refractivity contribution in [3.8, 4) is 5.75 Å². The van der Waals surface area contributed by atoms with Gasteiger partial charge >= 0.3 is 0 Å². The molecule has 0 atom stereocenters. The monoisotopic (exact) mass is 381 g/mol. The van der Waals surface area contributed by atoms with E-state index in [1.54, 1.807) is 0 Å². The Morgan fingerprint density at radius 1 is 1.19 bits per heavy atom. The van der Waals surface area contributed by atoms with E-state index in [4.69, 9.17) is 0 Å². The van der Waals surface area contributed by atoms with Crippen molar-refractivity contribution < 1.29 is 27.9 Å². The van der Waals surface area contributed by atoms with Gasteiger partial charge in [-0.25, -0.2) is 13.2 Å². The number of likely N-dealkylation sites (N-methyl/N-ethyl adjacent to an activating group) is 1. The lowest BCUT2D eigenvalue weighted by atomic mass is 10.1. The number of nitrogens with one attached hydrogen (secondary N) is 1. The third-order valence-corrected chi connectivity index (χ3v) is 4.26. The highest BCUT2D eigenvalue weighted by Gasteiger charge is 2.29. The summed E-state index contributed by atoms with van der Waals surface area (Å²) >= 11 is 0. The Balaban J connectivity index is 1.90. The van der Waals surface area contributed by atoms with Crippen molar-refractivity contribution in [1.29, 1.82) is 0 Å². The number of carbonyl (C=O) groups is 2. The van der Waals surface area contributed by atoms with Gasteiger partial charge < -0.3 is 19.9 Å². The maximum Gasteiger partial charge on any atom is 0.274 e. The lowest BCUT2D eigenvalue weighted by Gasteiger charge is -2.27. The molecule has 0 saturated carbocycles. The van der Waals surface area contributed by atoms with Crippen molar-refractivity contribution in [3.05, 3.63) is 62.8 Å². The number of benzene rings is 1. The van der Waals surface area contributed by atoms with Crippen molar-refractivity contribution in [2.75, 3.05) is 13.6 Å². The number of fused-ring (bicyclic) bond motifs is 1. The van der Waals surface area contributed by atoms with Crippen LogP contribution >= 0.6 is 0 Å². The highest BCUT2D eigenvalue weighted by atomic mass is 19.1. The van der Waals surface area contributed by atoms with E-state index in [0.717, 1.165) is 6.20 Å². The van der Waals surface area contributed by atoms with Crippen LogP contribution < -0.4 is 10.7 Å². The third-order valence-electron chi connectivity index (χ3n) is 4.26. The number of pyridine rings is 1. The Bertz CT molecular complexity index is 996. The van der Waals surface area contributed by atoms with E-state index in [9.17, 15) is 32.7 Å². The smallest absolute Gasteiger partial charge is 0.274 e. The molecule has 142 valence electrons. The molecule has 0 aliphatic carbocycles. The minimum absolute atomic E-state index is 0.235. The maximum atomic E-state index is 13.6. The molecule has 1 aliphatic rings. The number of hydrogen-bond donors (Lipinski definition) is 2. The quantitative estimate of drug-likeness (QED) is 0.830. The third kappa shape index (κ3) is 3.25. The number of aromatic hydroxyl groups is 1. The number of halogens is 3. The first-order valence-corrected chi connectivity index (χ1v) is 7.84. The molecule has 3 rings (SSSR count). The number of hydrogen-bond acceptors (Lipinski definition) is 4. The molecule has 0 fully saturated rings. The van der Waals surface area contributed by atoms with Crippen LogP contribution in [-0.4, -0.2) is 40.0 Å². The van der Waals surface area contributed by atoms with Crippen molar-refractivity contribution in [2.24, 2.45) is 0 Å². The number of nitrogens with zero attached hydrogens (tertiary/aromatic N) is 2. The molecule has 2 aromatic rings. The second-order valence-electron chi connectivity index (χ2n) is 6.02. The summed E-state index contributed by atoms with van der Waals surface area (Å²) in [7, 11) is 1.50. The molecule has 1 aliphatic heterocycles. The van der Waals surface area contributed by atoms with Gasteiger partial charge in [0, 0.05) is 50.6 Å². The fraction of sp³-hybridized carbons (Fsp3) is 0.235. The predicted octanol–water partition coefficient (Wildman–Crippen LogP) is 0.987. The van der Waals surface area contributed by atoms with Crippen LogP contribution in [0.1, 0.15) is 26.4 Å². The molecule has 0 unspecified atom stereocenters. The molecular weight excluding hydrogens is 367 g/mol. The highest BCUT2D eigenvalue weighted by Crippen LogP contribution is 2.19. The van der Waals surface area contributed by atoms with E-state index in [2.05, 4.69) is 5.32 Å². The second kappa shape index (κ2) is 6.78. The van der Waals surface area contributed by atoms with Gasteiger partial charge in [0.05, 0.1) is 0 Å². The van der Waals surface area contributed by atoms with E-state index in [1.165, 1.54) is 16.5 Å². The molecule has 27 heavy (non-hydrogen) atoms. The van der Waals surface area contributed by atoms with Crippen molar-refractivity contribution in [2.45, 2.75) is 13.1 Å². The summed E-state index contributed by atoms with van der Waals surface area (Å²) in [4.78, 5) is 37.9. The van der Waals surface area contributed by atoms with Crippen molar-refractivity contribution in [3.63, 3.8) is 0 Å². The summed E-state index contributed by atoms with van der Waals surface area (Å²) in [6.45, 7) is -0.0888. The van der Waals surface area contributed by atoms with Crippen LogP contribution in [0.5, 0.6) is 5.75 Å². The average molecular weight is 381 g/mol. The summed E-state index contributed by atoms with van der Waals surface area (Å²) in [5, 5.41) is 12.2. The largest absolute Gasteiger partial charge is 0.503 e. The molecule has 0 saturated heterocycles. The summed E-state index contributed by atoms with van der Waals surface area (Å²) in [6, 6.07) is 0.929. The lowest BCUT2D eigenvalue weighted by molar-refractivity contribution is 0.0740. The zero-order valence-electron chi connectivity index (χ0n) is 14.1. The van der Waals surface area contributed by atoms with Crippen LogP contribution in [0.15, 0.2) is 23.1 Å². The molecule has 0 spiro atoms. The summed E-state index contributed by atoms with van der Waals surface area (Å²) in [5.74, 6) is -5.93. The summed E-state index contributed by atoms with van der Waals surface area (Å²) < 4.78 is 41.5. The van der Waals surface area contributed by atoms with Crippen LogP contribution in [0, 0.1) is 17.5 Å². The van der Waals surface area contributed by atoms with Gasteiger partial charge in [-0.05, 0) is 0 Å². The molecule has 1 aromatic heterocycles. The summed E-state index contributed by atoms with van der Waals surface area (Å²) in [6.07, 6.45) is 1.11. The Kier molecular flexibility index (Phi) is 4.64. The molecular formula is C17H14F3N3O4. The van der Waals surface area contributed by atoms with Gasteiger partial charge in [0.15, 0.2) is 11.4 Å². The number of rotatable bonds is 3. The second-order valence-corrected chi connectivity index (χ2v) is 6.02. The minimum Gasteiger partial charge on any atom is -0.503 e.